The molecule has 0 spiro atoms. The quantitative estimate of drug-likeness (QED) is 0.704. The molecule has 1 aromatic rings. The van der Waals surface area contributed by atoms with Crippen molar-refractivity contribution in [2.45, 2.75) is 51.8 Å². The number of carbonyl (C=O) groups is 2. The van der Waals surface area contributed by atoms with E-state index in [0.29, 0.717) is 16.1 Å². The number of amides is 2. The van der Waals surface area contributed by atoms with Crippen LogP contribution in [0, 0.1) is 5.41 Å². The lowest BCUT2D eigenvalue weighted by Crippen LogP contribution is -2.40. The Bertz CT molecular complexity index is 722. The Kier molecular flexibility index (Phi) is 6.32. The van der Waals surface area contributed by atoms with Crippen molar-refractivity contribution in [2.24, 2.45) is 11.1 Å². The number of rotatable bonds is 5. The maximum absolute atomic E-state index is 13.3. The Balaban J connectivity index is 2.20. The molecule has 4 N–H and O–H groups in total. The second kappa shape index (κ2) is 7.98. The summed E-state index contributed by atoms with van der Waals surface area (Å²) in [5.74, 6) is -3.42. The summed E-state index contributed by atoms with van der Waals surface area (Å²) >= 11 is 6.06. The van der Waals surface area contributed by atoms with E-state index in [1.54, 1.807) is 18.2 Å². The summed E-state index contributed by atoms with van der Waals surface area (Å²) in [5, 5.41) is 5.58. The van der Waals surface area contributed by atoms with Crippen LogP contribution in [-0.2, 0) is 16.1 Å². The van der Waals surface area contributed by atoms with Gasteiger partial charge in [0.2, 0.25) is 5.91 Å². The molecule has 0 saturated carbocycles. The minimum absolute atomic E-state index is 0.0488. The van der Waals surface area contributed by atoms with Gasteiger partial charge in [0.25, 0.3) is 5.92 Å². The van der Waals surface area contributed by atoms with Crippen LogP contribution in [0.5, 0.6) is 0 Å². The van der Waals surface area contributed by atoms with Crippen LogP contribution >= 0.6 is 11.6 Å². The van der Waals surface area contributed by atoms with Crippen LogP contribution in [0.15, 0.2) is 18.2 Å². The second-order valence-electron chi connectivity index (χ2n) is 7.74. The normalized spacial score (nSPS) is 20.1. The van der Waals surface area contributed by atoms with Crippen molar-refractivity contribution in [3.63, 3.8) is 0 Å². The van der Waals surface area contributed by atoms with E-state index in [0.717, 1.165) is 0 Å². The second-order valence-corrected chi connectivity index (χ2v) is 8.17. The highest BCUT2D eigenvalue weighted by Crippen LogP contribution is 2.38. The molecule has 1 heterocycles. The van der Waals surface area contributed by atoms with Crippen molar-refractivity contribution >= 4 is 23.6 Å². The molecule has 2 amide bonds. The van der Waals surface area contributed by atoms with Crippen LogP contribution < -0.4 is 16.4 Å². The average Bonchev–Trinajstić information content (AvgIpc) is 2.90. The van der Waals surface area contributed by atoms with Gasteiger partial charge in [-0.15, -0.1) is 0 Å². The zero-order valence-corrected chi connectivity index (χ0v) is 16.2. The number of ether oxygens (including phenoxy) is 1. The van der Waals surface area contributed by atoms with E-state index in [2.05, 4.69) is 10.6 Å². The number of nitrogens with two attached hydrogens (primary N) is 1. The molecule has 1 saturated heterocycles. The minimum atomic E-state index is -2.89. The summed E-state index contributed by atoms with van der Waals surface area (Å²) < 4.78 is 31.8. The molecule has 1 aliphatic heterocycles. The van der Waals surface area contributed by atoms with Crippen LogP contribution in [0.1, 0.15) is 44.4 Å². The van der Waals surface area contributed by atoms with E-state index in [9.17, 15) is 18.4 Å². The Morgan fingerprint density at radius 1 is 1.44 bits per heavy atom. The van der Waals surface area contributed by atoms with Crippen molar-refractivity contribution in [1.82, 2.24) is 10.6 Å². The fourth-order valence-corrected chi connectivity index (χ4v) is 3.21. The zero-order chi connectivity index (χ0) is 20.4. The molecule has 0 aromatic heterocycles. The van der Waals surface area contributed by atoms with Crippen molar-refractivity contribution in [2.75, 3.05) is 6.54 Å². The van der Waals surface area contributed by atoms with Gasteiger partial charge in [-0.05, 0) is 23.3 Å². The lowest BCUT2D eigenvalue weighted by Gasteiger charge is -2.31. The topological polar surface area (TPSA) is 93.4 Å². The van der Waals surface area contributed by atoms with Gasteiger partial charge in [0.15, 0.2) is 0 Å². The lowest BCUT2D eigenvalue weighted by molar-refractivity contribution is -0.123. The first kappa shape index (κ1) is 21.4. The third kappa shape index (κ3) is 5.77. The molecule has 2 rings (SSSR count). The molecule has 6 nitrogen and oxygen atoms in total. The van der Waals surface area contributed by atoms with Crippen LogP contribution in [0.4, 0.5) is 13.6 Å². The van der Waals surface area contributed by atoms with Gasteiger partial charge < -0.3 is 15.8 Å². The fourth-order valence-electron chi connectivity index (χ4n) is 3.01. The molecule has 1 aliphatic rings. The van der Waals surface area contributed by atoms with E-state index < -0.39 is 48.4 Å². The Hall–Kier alpha value is -1.93. The van der Waals surface area contributed by atoms with Gasteiger partial charge in [-0.2, -0.15) is 0 Å². The van der Waals surface area contributed by atoms with Crippen LogP contribution in [0.2, 0.25) is 5.02 Å². The summed E-state index contributed by atoms with van der Waals surface area (Å²) in [6, 6.07) is 4.02. The first-order chi connectivity index (χ1) is 12.4. The number of hydrogen-bond donors (Lipinski definition) is 3. The Morgan fingerprint density at radius 2 is 2.11 bits per heavy atom. The van der Waals surface area contributed by atoms with E-state index in [1.807, 2.05) is 20.8 Å². The molecule has 150 valence electrons. The highest BCUT2D eigenvalue weighted by molar-refractivity contribution is 6.30. The van der Waals surface area contributed by atoms with Crippen LogP contribution in [0.3, 0.4) is 0 Å². The smallest absolute Gasteiger partial charge is 0.405 e. The maximum Gasteiger partial charge on any atom is 0.405 e. The Morgan fingerprint density at radius 3 is 2.63 bits per heavy atom. The SMILES string of the molecule is CC(C)(C)C(OC(N)=O)c1ccc(Cl)cc1CNC(=O)[C@@H]1CC(F)(F)CN1. The predicted molar refractivity (Wildman–Crippen MR) is 97.5 cm³/mol. The van der Waals surface area contributed by atoms with E-state index >= 15 is 0 Å². The van der Waals surface area contributed by atoms with Crippen molar-refractivity contribution < 1.29 is 23.1 Å². The van der Waals surface area contributed by atoms with Gasteiger partial charge in [-0.1, -0.05) is 38.4 Å². The Labute approximate surface area is 161 Å². The summed E-state index contributed by atoms with van der Waals surface area (Å²) in [6.45, 7) is 5.16. The van der Waals surface area contributed by atoms with Gasteiger partial charge in [-0.25, -0.2) is 13.6 Å². The van der Waals surface area contributed by atoms with Gasteiger partial charge in [0.1, 0.15) is 6.10 Å². The number of carbonyl (C=O) groups excluding carboxylic acids is 2. The van der Waals surface area contributed by atoms with Gasteiger partial charge in [0.05, 0.1) is 12.6 Å². The summed E-state index contributed by atoms with van der Waals surface area (Å²) in [7, 11) is 0. The van der Waals surface area contributed by atoms with Gasteiger partial charge in [-0.3, -0.25) is 10.1 Å². The molecule has 1 unspecified atom stereocenters. The number of alkyl halides is 2. The fraction of sp³-hybridized carbons (Fsp3) is 0.556. The third-order valence-electron chi connectivity index (χ3n) is 4.29. The first-order valence-corrected chi connectivity index (χ1v) is 8.90. The largest absolute Gasteiger partial charge is 0.441 e. The number of nitrogens with one attached hydrogen (secondary N) is 2. The highest BCUT2D eigenvalue weighted by atomic mass is 35.5. The zero-order valence-electron chi connectivity index (χ0n) is 15.4. The molecular formula is C18H24ClF2N3O3. The van der Waals surface area contributed by atoms with Crippen LogP contribution in [-0.4, -0.2) is 30.5 Å². The lowest BCUT2D eigenvalue weighted by atomic mass is 9.82. The summed E-state index contributed by atoms with van der Waals surface area (Å²) in [5.41, 5.74) is 5.97. The molecule has 0 bridgehead atoms. The third-order valence-corrected chi connectivity index (χ3v) is 4.52. The molecule has 0 radical (unpaired) electrons. The molecule has 1 fully saturated rings. The number of primary amides is 1. The number of halogens is 3. The molecule has 9 heteroatoms. The predicted octanol–water partition coefficient (Wildman–Crippen LogP) is 3.14. The number of benzene rings is 1. The van der Waals surface area contributed by atoms with E-state index in [4.69, 9.17) is 22.1 Å². The van der Waals surface area contributed by atoms with Gasteiger partial charge in [0, 0.05) is 23.4 Å². The van der Waals surface area contributed by atoms with Crippen molar-refractivity contribution in [1.29, 1.82) is 0 Å². The number of hydrogen-bond acceptors (Lipinski definition) is 4. The van der Waals surface area contributed by atoms with Crippen molar-refractivity contribution in [3.8, 4) is 0 Å². The molecule has 1 aromatic carbocycles. The molecule has 2 atom stereocenters. The van der Waals surface area contributed by atoms with E-state index in [-0.39, 0.29) is 6.54 Å². The maximum atomic E-state index is 13.3. The van der Waals surface area contributed by atoms with Gasteiger partial charge >= 0.3 is 6.09 Å². The average molecular weight is 404 g/mol. The summed E-state index contributed by atoms with van der Waals surface area (Å²) in [4.78, 5) is 23.5. The molecule has 0 aliphatic carbocycles. The van der Waals surface area contributed by atoms with Crippen molar-refractivity contribution in [3.05, 3.63) is 34.3 Å². The van der Waals surface area contributed by atoms with Crippen LogP contribution in [0.25, 0.3) is 0 Å². The standard InChI is InChI=1S/C18H24ClF2N3O3/c1-17(2,3)14(27-16(22)26)12-5-4-11(19)6-10(12)8-23-15(25)13-7-18(20,21)9-24-13/h4-6,13-14,24H,7-9H2,1-3H3,(H2,22,26)(H,23,25)/t13-,14?/m0/s1. The molecular weight excluding hydrogens is 380 g/mol. The van der Waals surface area contributed by atoms with E-state index in [1.165, 1.54) is 0 Å². The monoisotopic (exact) mass is 403 g/mol. The minimum Gasteiger partial charge on any atom is -0.441 e. The molecule has 27 heavy (non-hydrogen) atoms. The summed E-state index contributed by atoms with van der Waals surface area (Å²) in [6.07, 6.45) is -2.14. The first-order valence-electron chi connectivity index (χ1n) is 8.52. The highest BCUT2D eigenvalue weighted by Gasteiger charge is 2.42.